The summed E-state index contributed by atoms with van der Waals surface area (Å²) in [5, 5.41) is 4.66. The molecule has 0 aromatic carbocycles. The van der Waals surface area contributed by atoms with Crippen molar-refractivity contribution in [3.63, 3.8) is 0 Å². The van der Waals surface area contributed by atoms with Crippen molar-refractivity contribution in [2.45, 2.75) is 43.4 Å². The van der Waals surface area contributed by atoms with Crippen LogP contribution >= 0.6 is 22.9 Å². The lowest BCUT2D eigenvalue weighted by Crippen LogP contribution is -2.59. The molecule has 1 amide bonds. The molecule has 4 N–H and O–H groups in total. The number of hydrogen-bond acceptors (Lipinski definition) is 5. The molecule has 0 radical (unpaired) electrons. The number of amides is 1. The number of thiazole rings is 1. The minimum absolute atomic E-state index is 0.00194. The fourth-order valence-electron chi connectivity index (χ4n) is 3.32. The lowest BCUT2D eigenvalue weighted by atomic mass is 9.87. The highest BCUT2D eigenvalue weighted by Gasteiger charge is 2.46. The van der Waals surface area contributed by atoms with Crippen LogP contribution in [-0.2, 0) is 0 Å². The number of alkyl halides is 5. The number of hydrogen-bond donors (Lipinski definition) is 3. The summed E-state index contributed by atoms with van der Waals surface area (Å²) in [5.41, 5.74) is 4.99. The van der Waals surface area contributed by atoms with Gasteiger partial charge in [0.25, 0.3) is 11.8 Å². The molecule has 1 aromatic heterocycles. The molecule has 31 heavy (non-hydrogen) atoms. The van der Waals surface area contributed by atoms with Crippen LogP contribution in [0.25, 0.3) is 5.57 Å². The monoisotopic (exact) mass is 480 g/mol. The molecular formula is C19H18ClF5N4OS. The molecule has 2 aliphatic rings. The second-order valence-electron chi connectivity index (χ2n) is 7.02. The van der Waals surface area contributed by atoms with Crippen molar-refractivity contribution in [1.82, 2.24) is 15.6 Å². The van der Waals surface area contributed by atoms with Crippen LogP contribution in [-0.4, -0.2) is 35.1 Å². The van der Waals surface area contributed by atoms with Gasteiger partial charge < -0.3 is 16.4 Å². The van der Waals surface area contributed by atoms with Crippen molar-refractivity contribution in [3.8, 4) is 0 Å². The second-order valence-corrected chi connectivity index (χ2v) is 8.62. The SMILES string of the molecule is C=C/C(=C1/C=C(C(F)(F)F)C=CN1)c1nc(C(=O)N[C@@H]2[C@@H](N)CCCC2(F)F)sc1Cl. The molecule has 0 unspecified atom stereocenters. The van der Waals surface area contributed by atoms with E-state index in [4.69, 9.17) is 17.3 Å². The average Bonchev–Trinajstić information content (AvgIpc) is 3.06. The van der Waals surface area contributed by atoms with Gasteiger partial charge >= 0.3 is 6.18 Å². The molecule has 2 heterocycles. The van der Waals surface area contributed by atoms with Crippen molar-refractivity contribution in [3.05, 3.63) is 57.3 Å². The number of nitrogens with one attached hydrogen (secondary N) is 2. The van der Waals surface area contributed by atoms with Gasteiger partial charge in [-0.05, 0) is 25.0 Å². The van der Waals surface area contributed by atoms with E-state index < -0.39 is 42.1 Å². The predicted molar refractivity (Wildman–Crippen MR) is 109 cm³/mol. The van der Waals surface area contributed by atoms with E-state index in [0.29, 0.717) is 17.8 Å². The first-order valence-electron chi connectivity index (χ1n) is 9.13. The summed E-state index contributed by atoms with van der Waals surface area (Å²) in [6.45, 7) is 3.57. The molecule has 1 aliphatic heterocycles. The smallest absolute Gasteiger partial charge is 0.361 e. The quantitative estimate of drug-likeness (QED) is 0.553. The topological polar surface area (TPSA) is 80.0 Å². The number of dihydropyridines is 1. The predicted octanol–water partition coefficient (Wildman–Crippen LogP) is 4.54. The van der Waals surface area contributed by atoms with Crippen LogP contribution in [0.5, 0.6) is 0 Å². The minimum Gasteiger partial charge on any atom is -0.361 e. The Bertz CT molecular complexity index is 982. The molecule has 2 atom stereocenters. The van der Waals surface area contributed by atoms with Crippen molar-refractivity contribution in [1.29, 1.82) is 0 Å². The van der Waals surface area contributed by atoms with E-state index in [2.05, 4.69) is 22.2 Å². The number of carbonyl (C=O) groups is 1. The molecule has 1 fully saturated rings. The van der Waals surface area contributed by atoms with E-state index >= 15 is 0 Å². The van der Waals surface area contributed by atoms with Gasteiger partial charge in [-0.15, -0.1) is 0 Å². The Hall–Kier alpha value is -2.24. The van der Waals surface area contributed by atoms with E-state index in [1.54, 1.807) is 0 Å². The first kappa shape index (κ1) is 23.4. The Labute approximate surface area is 183 Å². The van der Waals surface area contributed by atoms with Crippen LogP contribution in [0.2, 0.25) is 4.34 Å². The van der Waals surface area contributed by atoms with Gasteiger partial charge in [-0.3, -0.25) is 4.79 Å². The zero-order valence-electron chi connectivity index (χ0n) is 15.9. The molecule has 3 rings (SSSR count). The summed E-state index contributed by atoms with van der Waals surface area (Å²) in [6, 6.07) is -2.47. The van der Waals surface area contributed by atoms with Gasteiger partial charge in [0.15, 0.2) is 5.01 Å². The molecule has 0 bridgehead atoms. The minimum atomic E-state index is -4.57. The van der Waals surface area contributed by atoms with Crippen LogP contribution in [0.1, 0.15) is 34.8 Å². The zero-order chi connectivity index (χ0) is 23.0. The van der Waals surface area contributed by atoms with E-state index in [9.17, 15) is 26.7 Å². The first-order chi connectivity index (χ1) is 14.4. The van der Waals surface area contributed by atoms with Gasteiger partial charge in [0.2, 0.25) is 0 Å². The van der Waals surface area contributed by atoms with Crippen molar-refractivity contribution < 1.29 is 26.7 Å². The molecule has 1 saturated carbocycles. The average molecular weight is 481 g/mol. The van der Waals surface area contributed by atoms with Crippen molar-refractivity contribution in [2.75, 3.05) is 0 Å². The molecule has 168 valence electrons. The maximum Gasteiger partial charge on any atom is 0.416 e. The van der Waals surface area contributed by atoms with Crippen LogP contribution in [0, 0.1) is 0 Å². The standard InChI is InChI=1S/C19H18ClF5N4OS/c1-2-10(12-8-9(5-7-27-12)19(23,24)25)13-15(20)31-17(28-13)16(30)29-14-11(26)4-3-6-18(14,21)22/h2,5,7-8,11,14,27H,1,3-4,6,26H2,(H,29,30)/b12-10+/t11-,14+/m0/s1. The molecule has 5 nitrogen and oxygen atoms in total. The Morgan fingerprint density at radius 3 is 2.77 bits per heavy atom. The molecule has 1 aromatic rings. The van der Waals surface area contributed by atoms with E-state index in [0.717, 1.165) is 18.4 Å². The lowest BCUT2D eigenvalue weighted by Gasteiger charge is -2.36. The molecule has 12 heteroatoms. The third-order valence-corrected chi connectivity index (χ3v) is 6.13. The number of rotatable bonds is 4. The van der Waals surface area contributed by atoms with E-state index in [1.807, 2.05) is 0 Å². The third-order valence-electron chi connectivity index (χ3n) is 4.88. The highest BCUT2D eigenvalue weighted by Crippen LogP contribution is 2.36. The normalized spacial score (nSPS) is 24.8. The van der Waals surface area contributed by atoms with Gasteiger partial charge in [-0.2, -0.15) is 13.2 Å². The van der Waals surface area contributed by atoms with E-state index in [-0.39, 0.29) is 32.7 Å². The molecule has 1 aliphatic carbocycles. The van der Waals surface area contributed by atoms with E-state index in [1.165, 1.54) is 6.08 Å². The third kappa shape index (κ3) is 4.99. The summed E-state index contributed by atoms with van der Waals surface area (Å²) in [6.07, 6.45) is -0.329. The fraction of sp³-hybridized carbons (Fsp3) is 0.368. The van der Waals surface area contributed by atoms with Crippen LogP contribution in [0.4, 0.5) is 22.0 Å². The highest BCUT2D eigenvalue weighted by atomic mass is 35.5. The van der Waals surface area contributed by atoms with Crippen molar-refractivity contribution >= 4 is 34.4 Å². The number of carbonyl (C=O) groups excluding carboxylic acids is 1. The van der Waals surface area contributed by atoms with Gasteiger partial charge in [-0.1, -0.05) is 35.6 Å². The van der Waals surface area contributed by atoms with Crippen LogP contribution in [0.15, 0.2) is 42.3 Å². The first-order valence-corrected chi connectivity index (χ1v) is 10.3. The summed E-state index contributed by atoms with van der Waals surface area (Å²) in [7, 11) is 0. The summed E-state index contributed by atoms with van der Waals surface area (Å²) >= 11 is 6.88. The van der Waals surface area contributed by atoms with Crippen LogP contribution in [0.3, 0.4) is 0 Å². The molecule has 0 spiro atoms. The largest absolute Gasteiger partial charge is 0.416 e. The maximum atomic E-state index is 14.2. The van der Waals surface area contributed by atoms with Crippen LogP contribution < -0.4 is 16.4 Å². The summed E-state index contributed by atoms with van der Waals surface area (Å²) in [4.78, 5) is 16.6. The number of halogens is 6. The number of nitrogens with zero attached hydrogens (tertiary/aromatic N) is 1. The number of allylic oxidation sites excluding steroid dienone is 5. The fourth-order valence-corrected chi connectivity index (χ4v) is 4.40. The summed E-state index contributed by atoms with van der Waals surface area (Å²) in [5.74, 6) is -4.06. The number of nitrogens with two attached hydrogens (primary N) is 1. The van der Waals surface area contributed by atoms with Gasteiger partial charge in [0.05, 0.1) is 5.57 Å². The van der Waals surface area contributed by atoms with Gasteiger partial charge in [0, 0.05) is 29.9 Å². The zero-order valence-corrected chi connectivity index (χ0v) is 17.5. The lowest BCUT2D eigenvalue weighted by molar-refractivity contribution is -0.0884. The molecular weight excluding hydrogens is 463 g/mol. The Morgan fingerprint density at radius 2 is 2.16 bits per heavy atom. The highest BCUT2D eigenvalue weighted by molar-refractivity contribution is 7.17. The second kappa shape index (κ2) is 8.71. The van der Waals surface area contributed by atoms with Gasteiger partial charge in [0.1, 0.15) is 16.1 Å². The molecule has 0 saturated heterocycles. The summed E-state index contributed by atoms with van der Waals surface area (Å²) < 4.78 is 67.4. The number of aromatic nitrogens is 1. The Morgan fingerprint density at radius 1 is 1.45 bits per heavy atom. The van der Waals surface area contributed by atoms with Gasteiger partial charge in [-0.25, -0.2) is 13.8 Å². The Balaban J connectivity index is 1.91. The van der Waals surface area contributed by atoms with Crippen molar-refractivity contribution in [2.24, 2.45) is 5.73 Å². The Kier molecular flexibility index (Phi) is 6.59. The maximum absolute atomic E-state index is 14.2.